The average Bonchev–Trinajstić information content (AvgIpc) is 2.72. The minimum absolute atomic E-state index is 0.136. The molecule has 138 valence electrons. The molecule has 0 saturated heterocycles. The van der Waals surface area contributed by atoms with Gasteiger partial charge in [0.1, 0.15) is 11.3 Å². The van der Waals surface area contributed by atoms with E-state index in [1.54, 1.807) is 31.2 Å². The maximum absolute atomic E-state index is 12.8. The predicted molar refractivity (Wildman–Crippen MR) is 111 cm³/mol. The van der Waals surface area contributed by atoms with Crippen LogP contribution in [-0.4, -0.2) is 15.3 Å². The number of hydrogen-bond donors (Lipinski definition) is 1. The fourth-order valence-electron chi connectivity index (χ4n) is 3.00. The number of benzene rings is 2. The Labute approximate surface area is 166 Å². The Bertz CT molecular complexity index is 1230. The van der Waals surface area contributed by atoms with E-state index in [0.717, 1.165) is 11.1 Å². The van der Waals surface area contributed by atoms with Gasteiger partial charge < -0.3 is 5.32 Å². The molecule has 28 heavy (non-hydrogen) atoms. The Morgan fingerprint density at radius 2 is 1.64 bits per heavy atom. The van der Waals surface area contributed by atoms with Crippen molar-refractivity contribution in [3.8, 4) is 11.1 Å². The summed E-state index contributed by atoms with van der Waals surface area (Å²) in [5, 5.41) is 3.10. The normalized spacial score (nSPS) is 10.8. The Morgan fingerprint density at radius 3 is 2.36 bits per heavy atom. The van der Waals surface area contributed by atoms with Gasteiger partial charge in [0.15, 0.2) is 0 Å². The fourth-order valence-corrected chi connectivity index (χ4v) is 3.16. The largest absolute Gasteiger partial charge is 0.316 e. The van der Waals surface area contributed by atoms with Crippen molar-refractivity contribution in [3.63, 3.8) is 0 Å². The topological polar surface area (TPSA) is 63.5 Å². The molecule has 6 heteroatoms. The molecular formula is C22H16ClN3O2. The van der Waals surface area contributed by atoms with Gasteiger partial charge in [-0.25, -0.2) is 4.98 Å². The monoisotopic (exact) mass is 389 g/mol. The number of nitrogens with one attached hydrogen (secondary N) is 1. The van der Waals surface area contributed by atoms with Gasteiger partial charge in [0.05, 0.1) is 10.7 Å². The second kappa shape index (κ2) is 7.29. The molecule has 4 rings (SSSR count). The number of rotatable bonds is 3. The summed E-state index contributed by atoms with van der Waals surface area (Å²) >= 11 is 5.97. The van der Waals surface area contributed by atoms with Crippen LogP contribution >= 0.6 is 11.6 Å². The number of aryl methyl sites for hydroxylation is 1. The Kier molecular flexibility index (Phi) is 4.67. The second-order valence-corrected chi connectivity index (χ2v) is 6.79. The SMILES string of the molecule is Cc1nc2ccc(Cl)cn2c(=O)c1NC(=O)c1ccc(-c2ccccc2)cc1. The van der Waals surface area contributed by atoms with E-state index in [1.165, 1.54) is 10.6 Å². The quantitative estimate of drug-likeness (QED) is 0.558. The molecule has 1 amide bonds. The first kappa shape index (κ1) is 17.9. The van der Waals surface area contributed by atoms with Crippen LogP contribution in [0.1, 0.15) is 16.1 Å². The molecule has 0 aliphatic rings. The summed E-state index contributed by atoms with van der Waals surface area (Å²) in [6.07, 6.45) is 1.48. The van der Waals surface area contributed by atoms with Crippen molar-refractivity contribution < 1.29 is 4.79 Å². The number of amides is 1. The number of hydrogen-bond acceptors (Lipinski definition) is 3. The van der Waals surface area contributed by atoms with Gasteiger partial charge in [0.2, 0.25) is 0 Å². The van der Waals surface area contributed by atoms with E-state index in [1.807, 2.05) is 42.5 Å². The van der Waals surface area contributed by atoms with E-state index < -0.39 is 0 Å². The minimum atomic E-state index is -0.376. The van der Waals surface area contributed by atoms with Crippen molar-refractivity contribution in [2.45, 2.75) is 6.92 Å². The molecule has 0 fully saturated rings. The highest BCUT2D eigenvalue weighted by molar-refractivity contribution is 6.30. The van der Waals surface area contributed by atoms with Crippen molar-refractivity contribution in [2.75, 3.05) is 5.32 Å². The third-order valence-electron chi connectivity index (χ3n) is 4.46. The molecule has 5 nitrogen and oxygen atoms in total. The molecule has 2 aromatic carbocycles. The van der Waals surface area contributed by atoms with Crippen LogP contribution in [0.5, 0.6) is 0 Å². The molecule has 4 aromatic rings. The van der Waals surface area contributed by atoms with Gasteiger partial charge in [-0.15, -0.1) is 0 Å². The number of carbonyl (C=O) groups is 1. The molecule has 0 spiro atoms. The highest BCUT2D eigenvalue weighted by atomic mass is 35.5. The molecule has 0 bridgehead atoms. The van der Waals surface area contributed by atoms with Crippen LogP contribution in [0.25, 0.3) is 16.8 Å². The van der Waals surface area contributed by atoms with E-state index in [0.29, 0.717) is 21.9 Å². The molecule has 0 saturated carbocycles. The summed E-state index contributed by atoms with van der Waals surface area (Å²) in [5.74, 6) is -0.372. The van der Waals surface area contributed by atoms with E-state index in [9.17, 15) is 9.59 Å². The standard InChI is InChI=1S/C22H16ClN3O2/c1-14-20(22(28)26-13-18(23)11-12-19(26)24-14)25-21(27)17-9-7-16(8-10-17)15-5-3-2-4-6-15/h2-13H,1H3,(H,25,27). The van der Waals surface area contributed by atoms with Crippen LogP contribution in [0.2, 0.25) is 5.02 Å². The van der Waals surface area contributed by atoms with Gasteiger partial charge in [-0.1, -0.05) is 54.1 Å². The van der Waals surface area contributed by atoms with Gasteiger partial charge in [-0.05, 0) is 42.3 Å². The maximum Gasteiger partial charge on any atom is 0.281 e. The van der Waals surface area contributed by atoms with Crippen LogP contribution in [0.3, 0.4) is 0 Å². The molecular weight excluding hydrogens is 374 g/mol. The van der Waals surface area contributed by atoms with Crippen LogP contribution in [0.15, 0.2) is 77.7 Å². The third kappa shape index (κ3) is 3.40. The summed E-state index contributed by atoms with van der Waals surface area (Å²) in [6, 6.07) is 20.4. The first-order chi connectivity index (χ1) is 13.5. The fraction of sp³-hybridized carbons (Fsp3) is 0.0455. The van der Waals surface area contributed by atoms with Crippen LogP contribution in [0.4, 0.5) is 5.69 Å². The zero-order chi connectivity index (χ0) is 19.7. The lowest BCUT2D eigenvalue weighted by Crippen LogP contribution is -2.25. The summed E-state index contributed by atoms with van der Waals surface area (Å²) < 4.78 is 1.32. The first-order valence-electron chi connectivity index (χ1n) is 8.68. The van der Waals surface area contributed by atoms with Crippen LogP contribution < -0.4 is 10.9 Å². The lowest BCUT2D eigenvalue weighted by atomic mass is 10.0. The minimum Gasteiger partial charge on any atom is -0.316 e. The van der Waals surface area contributed by atoms with E-state index >= 15 is 0 Å². The maximum atomic E-state index is 12.8. The first-order valence-corrected chi connectivity index (χ1v) is 9.06. The summed E-state index contributed by atoms with van der Waals surface area (Å²) in [7, 11) is 0. The van der Waals surface area contributed by atoms with Gasteiger partial charge in [-0.2, -0.15) is 0 Å². The number of fused-ring (bicyclic) bond motifs is 1. The third-order valence-corrected chi connectivity index (χ3v) is 4.68. The number of nitrogens with zero attached hydrogens (tertiary/aromatic N) is 2. The summed E-state index contributed by atoms with van der Waals surface area (Å²) in [6.45, 7) is 1.68. The molecule has 0 aliphatic carbocycles. The van der Waals surface area contributed by atoms with E-state index in [-0.39, 0.29) is 17.2 Å². The Balaban J connectivity index is 1.64. The van der Waals surface area contributed by atoms with Crippen molar-refractivity contribution in [1.82, 2.24) is 9.38 Å². The number of pyridine rings is 1. The van der Waals surface area contributed by atoms with E-state index in [4.69, 9.17) is 11.6 Å². The zero-order valence-corrected chi connectivity index (χ0v) is 15.8. The number of halogens is 1. The summed E-state index contributed by atoms with van der Waals surface area (Å²) in [4.78, 5) is 29.8. The van der Waals surface area contributed by atoms with Crippen molar-refractivity contribution in [1.29, 1.82) is 0 Å². The Morgan fingerprint density at radius 1 is 0.964 bits per heavy atom. The number of aromatic nitrogens is 2. The van der Waals surface area contributed by atoms with Crippen molar-refractivity contribution in [3.05, 3.63) is 99.6 Å². The van der Waals surface area contributed by atoms with Gasteiger partial charge >= 0.3 is 0 Å². The predicted octanol–water partition coefficient (Wildman–Crippen LogP) is 4.58. The van der Waals surface area contributed by atoms with Gasteiger partial charge in [0.25, 0.3) is 11.5 Å². The summed E-state index contributed by atoms with van der Waals surface area (Å²) in [5.41, 5.74) is 3.21. The van der Waals surface area contributed by atoms with Crippen LogP contribution in [0, 0.1) is 6.92 Å². The second-order valence-electron chi connectivity index (χ2n) is 6.35. The molecule has 0 radical (unpaired) electrons. The lowest BCUT2D eigenvalue weighted by Gasteiger charge is -2.10. The highest BCUT2D eigenvalue weighted by Crippen LogP contribution is 2.20. The van der Waals surface area contributed by atoms with E-state index in [2.05, 4.69) is 10.3 Å². The molecule has 1 N–H and O–H groups in total. The molecule has 2 heterocycles. The van der Waals surface area contributed by atoms with Gasteiger partial charge in [-0.3, -0.25) is 14.0 Å². The molecule has 2 aromatic heterocycles. The highest BCUT2D eigenvalue weighted by Gasteiger charge is 2.14. The van der Waals surface area contributed by atoms with Crippen molar-refractivity contribution >= 4 is 28.8 Å². The molecule has 0 atom stereocenters. The molecule has 0 aliphatic heterocycles. The molecule has 0 unspecified atom stereocenters. The number of anilines is 1. The Hall–Kier alpha value is -3.44. The average molecular weight is 390 g/mol. The number of carbonyl (C=O) groups excluding carboxylic acids is 1. The zero-order valence-electron chi connectivity index (χ0n) is 15.0. The smallest absolute Gasteiger partial charge is 0.281 e. The van der Waals surface area contributed by atoms with Crippen molar-refractivity contribution in [2.24, 2.45) is 0 Å². The van der Waals surface area contributed by atoms with Gasteiger partial charge in [0, 0.05) is 11.8 Å². The lowest BCUT2D eigenvalue weighted by molar-refractivity contribution is 0.102. The van der Waals surface area contributed by atoms with Crippen LogP contribution in [-0.2, 0) is 0 Å².